The first-order valence-electron chi connectivity index (χ1n) is 11.7. The zero-order chi connectivity index (χ0) is 26.0. The van der Waals surface area contributed by atoms with Gasteiger partial charge in [0.2, 0.25) is 0 Å². The summed E-state index contributed by atoms with van der Waals surface area (Å²) in [6.45, 7) is 6.51. The minimum absolute atomic E-state index is 0.0749. The van der Waals surface area contributed by atoms with Crippen LogP contribution < -0.4 is 14.8 Å². The summed E-state index contributed by atoms with van der Waals surface area (Å²) in [5, 5.41) is 17.7. The van der Waals surface area contributed by atoms with Crippen LogP contribution in [-0.2, 0) is 17.8 Å². The van der Waals surface area contributed by atoms with E-state index >= 15 is 0 Å². The largest absolute Gasteiger partial charge is 0.497 e. The molecule has 9 heteroatoms. The van der Waals surface area contributed by atoms with E-state index in [-0.39, 0.29) is 6.04 Å². The first-order chi connectivity index (χ1) is 17.2. The molecule has 1 unspecified atom stereocenters. The Balaban J connectivity index is 0.000000709. The van der Waals surface area contributed by atoms with Crippen LogP contribution in [-0.4, -0.2) is 46.6 Å². The molecule has 0 spiro atoms. The summed E-state index contributed by atoms with van der Waals surface area (Å²) in [7, 11) is 3.41. The number of methoxy groups -OCH3 is 2. The van der Waals surface area contributed by atoms with E-state index in [2.05, 4.69) is 39.7 Å². The number of benzene rings is 2. The number of hydrogen-bond donors (Lipinski definition) is 3. The number of H-pyrrole nitrogens is 1. The van der Waals surface area contributed by atoms with Gasteiger partial charge in [0, 0.05) is 35.6 Å². The summed E-state index contributed by atoms with van der Waals surface area (Å²) in [6.07, 6.45) is 0.978. The highest BCUT2D eigenvalue weighted by molar-refractivity contribution is 6.31. The normalized spacial score (nSPS) is 14.7. The molecular weight excluding hydrogens is 480 g/mol. The van der Waals surface area contributed by atoms with Crippen molar-refractivity contribution in [3.8, 4) is 11.5 Å². The first kappa shape index (κ1) is 25.6. The van der Waals surface area contributed by atoms with Crippen LogP contribution in [0.2, 0.25) is 5.02 Å². The highest BCUT2D eigenvalue weighted by Crippen LogP contribution is 2.36. The summed E-state index contributed by atoms with van der Waals surface area (Å²) >= 11 is 6.37. The van der Waals surface area contributed by atoms with Gasteiger partial charge in [-0.3, -0.25) is 9.48 Å². The molecule has 2 aromatic heterocycles. The van der Waals surface area contributed by atoms with Crippen LogP contribution in [0.3, 0.4) is 0 Å². The Morgan fingerprint density at radius 2 is 1.94 bits per heavy atom. The fourth-order valence-electron chi connectivity index (χ4n) is 4.71. The number of carboxylic acid groups (broad SMARTS) is 1. The Bertz CT molecular complexity index is 1400. The van der Waals surface area contributed by atoms with Crippen LogP contribution >= 0.6 is 11.6 Å². The fourth-order valence-corrected chi connectivity index (χ4v) is 4.85. The Kier molecular flexibility index (Phi) is 7.56. The molecule has 0 saturated heterocycles. The van der Waals surface area contributed by atoms with Gasteiger partial charge in [0.15, 0.2) is 0 Å². The molecule has 1 atom stereocenters. The number of fused-ring (bicyclic) bond motifs is 3. The van der Waals surface area contributed by atoms with E-state index in [0.29, 0.717) is 11.6 Å². The van der Waals surface area contributed by atoms with Crippen LogP contribution in [0.1, 0.15) is 46.7 Å². The first-order valence-corrected chi connectivity index (χ1v) is 12.1. The molecule has 0 saturated carbocycles. The summed E-state index contributed by atoms with van der Waals surface area (Å²) in [6, 6.07) is 12.7. The van der Waals surface area contributed by atoms with Crippen LogP contribution in [0, 0.1) is 13.8 Å². The van der Waals surface area contributed by atoms with Crippen molar-refractivity contribution < 1.29 is 19.4 Å². The van der Waals surface area contributed by atoms with Gasteiger partial charge >= 0.3 is 0 Å². The second-order valence-corrected chi connectivity index (χ2v) is 9.18. The van der Waals surface area contributed by atoms with Gasteiger partial charge in [-0.1, -0.05) is 17.7 Å². The smallest absolute Gasteiger partial charge is 0.300 e. The molecule has 1 aliphatic heterocycles. The molecule has 4 aromatic rings. The van der Waals surface area contributed by atoms with Gasteiger partial charge in [-0.25, -0.2) is 0 Å². The highest BCUT2D eigenvalue weighted by atomic mass is 35.5. The van der Waals surface area contributed by atoms with Crippen LogP contribution in [0.5, 0.6) is 11.5 Å². The van der Waals surface area contributed by atoms with Crippen LogP contribution in [0.15, 0.2) is 36.4 Å². The lowest BCUT2D eigenvalue weighted by atomic mass is 9.93. The summed E-state index contributed by atoms with van der Waals surface area (Å²) in [4.78, 5) is 12.6. The van der Waals surface area contributed by atoms with E-state index in [1.165, 1.54) is 22.2 Å². The second kappa shape index (κ2) is 10.6. The van der Waals surface area contributed by atoms with Gasteiger partial charge in [0.1, 0.15) is 11.5 Å². The van der Waals surface area contributed by atoms with E-state index in [1.807, 2.05) is 30.7 Å². The topological polar surface area (TPSA) is 101 Å². The Hall–Kier alpha value is -3.49. The number of aryl methyl sites for hydroxylation is 1. The Morgan fingerprint density at radius 3 is 2.58 bits per heavy atom. The van der Waals surface area contributed by atoms with E-state index in [9.17, 15) is 0 Å². The van der Waals surface area contributed by atoms with Gasteiger partial charge in [0.05, 0.1) is 43.2 Å². The Labute approximate surface area is 215 Å². The number of rotatable bonds is 5. The van der Waals surface area contributed by atoms with Crippen LogP contribution in [0.4, 0.5) is 0 Å². The van der Waals surface area contributed by atoms with Crippen molar-refractivity contribution in [2.45, 2.75) is 39.8 Å². The summed E-state index contributed by atoms with van der Waals surface area (Å²) in [5.41, 5.74) is 7.75. The lowest BCUT2D eigenvalue weighted by Crippen LogP contribution is -2.30. The van der Waals surface area contributed by atoms with Crippen molar-refractivity contribution in [2.75, 3.05) is 20.8 Å². The van der Waals surface area contributed by atoms with Crippen molar-refractivity contribution in [1.82, 2.24) is 20.1 Å². The molecule has 190 valence electrons. The van der Waals surface area contributed by atoms with E-state index in [1.54, 1.807) is 14.2 Å². The molecule has 0 amide bonds. The average molecular weight is 511 g/mol. The van der Waals surface area contributed by atoms with Crippen molar-refractivity contribution in [3.63, 3.8) is 0 Å². The molecule has 0 aliphatic carbocycles. The van der Waals surface area contributed by atoms with Gasteiger partial charge in [-0.15, -0.1) is 0 Å². The van der Waals surface area contributed by atoms with E-state index in [0.717, 1.165) is 53.9 Å². The predicted molar refractivity (Wildman–Crippen MR) is 141 cm³/mol. The average Bonchev–Trinajstić information content (AvgIpc) is 3.35. The van der Waals surface area contributed by atoms with Crippen molar-refractivity contribution in [3.05, 3.63) is 75.2 Å². The third-order valence-electron chi connectivity index (χ3n) is 6.41. The number of carboxylic acids is 1. The van der Waals surface area contributed by atoms with Gasteiger partial charge in [-0.2, -0.15) is 5.10 Å². The summed E-state index contributed by atoms with van der Waals surface area (Å²) < 4.78 is 13.1. The zero-order valence-electron chi connectivity index (χ0n) is 21.1. The molecule has 0 fully saturated rings. The monoisotopic (exact) mass is 510 g/mol. The quantitative estimate of drug-likeness (QED) is 0.348. The number of nitrogens with zero attached hydrogens (tertiary/aromatic N) is 2. The molecular formula is C27H31ClN4O4. The van der Waals surface area contributed by atoms with Gasteiger partial charge in [0.25, 0.3) is 5.97 Å². The maximum absolute atomic E-state index is 9.00. The number of halogens is 1. The number of nitrogens with one attached hydrogen (secondary N) is 2. The molecule has 3 heterocycles. The second-order valence-electron chi connectivity index (χ2n) is 8.80. The number of hydrogen-bond acceptors (Lipinski definition) is 5. The third-order valence-corrected chi connectivity index (χ3v) is 6.96. The lowest BCUT2D eigenvalue weighted by molar-refractivity contribution is -0.134. The SMILES string of the molecule is CC(=O)O.COc1ccc2[nH]c3c(c2c1)CCNC3c1ccc(OC)c(Cn2nc(C)c(Cl)c2C)c1. The maximum Gasteiger partial charge on any atom is 0.300 e. The minimum atomic E-state index is -0.833. The number of carbonyl (C=O) groups is 1. The molecule has 0 bridgehead atoms. The summed E-state index contributed by atoms with van der Waals surface area (Å²) in [5.74, 6) is 0.888. The number of aromatic nitrogens is 3. The zero-order valence-corrected chi connectivity index (χ0v) is 21.9. The van der Waals surface area contributed by atoms with E-state index < -0.39 is 5.97 Å². The highest BCUT2D eigenvalue weighted by Gasteiger charge is 2.26. The molecule has 3 N–H and O–H groups in total. The third kappa shape index (κ3) is 5.05. The van der Waals surface area contributed by atoms with Gasteiger partial charge < -0.3 is 24.9 Å². The molecule has 5 rings (SSSR count). The van der Waals surface area contributed by atoms with E-state index in [4.69, 9.17) is 31.0 Å². The van der Waals surface area contributed by atoms with Crippen molar-refractivity contribution in [2.24, 2.45) is 0 Å². The molecule has 36 heavy (non-hydrogen) atoms. The fraction of sp³-hybridized carbons (Fsp3) is 0.333. The minimum Gasteiger partial charge on any atom is -0.497 e. The van der Waals surface area contributed by atoms with Crippen molar-refractivity contribution in [1.29, 1.82) is 0 Å². The predicted octanol–water partition coefficient (Wildman–Crippen LogP) is 5.03. The van der Waals surface area contributed by atoms with Crippen molar-refractivity contribution >= 4 is 28.5 Å². The standard InChI is InChI=1S/C25H27ClN4O2.C2H4O2/c1-14-23(26)15(2)30(29-14)13-17-11-16(5-8-22(17)32-4)24-25-19(9-10-27-24)20-12-18(31-3)6-7-21(20)28-25;1-2(3)4/h5-8,11-12,24,27-28H,9-10,13H2,1-4H3;1H3,(H,3,4). The number of aliphatic carboxylic acids is 1. The number of aromatic amines is 1. The molecule has 0 radical (unpaired) electrons. The maximum atomic E-state index is 9.00. The molecule has 2 aromatic carbocycles. The Morgan fingerprint density at radius 1 is 1.19 bits per heavy atom. The molecule has 8 nitrogen and oxygen atoms in total. The van der Waals surface area contributed by atoms with Gasteiger partial charge in [-0.05, 0) is 61.7 Å². The number of ether oxygens (including phenoxy) is 2. The van der Waals surface area contributed by atoms with Crippen LogP contribution in [0.25, 0.3) is 10.9 Å². The molecule has 1 aliphatic rings. The lowest BCUT2D eigenvalue weighted by Gasteiger charge is -2.25.